The number of aliphatic hydroxyl groups is 2. The van der Waals surface area contributed by atoms with Gasteiger partial charge in [0.2, 0.25) is 11.8 Å². The number of nitrogen functional groups attached to an aromatic ring is 1. The van der Waals surface area contributed by atoms with E-state index >= 15 is 0 Å². The summed E-state index contributed by atoms with van der Waals surface area (Å²) in [5.41, 5.74) is 2.03. The van der Waals surface area contributed by atoms with Crippen molar-refractivity contribution in [2.24, 2.45) is 5.41 Å². The van der Waals surface area contributed by atoms with Gasteiger partial charge in [0.05, 0.1) is 27.4 Å². The van der Waals surface area contributed by atoms with Gasteiger partial charge in [0.25, 0.3) is 15.6 Å². The number of anilines is 1. The van der Waals surface area contributed by atoms with Crippen molar-refractivity contribution in [1.82, 2.24) is 30.2 Å². The van der Waals surface area contributed by atoms with Gasteiger partial charge in [0, 0.05) is 37.1 Å². The number of amides is 2. The summed E-state index contributed by atoms with van der Waals surface area (Å²) in [6.45, 7) is 3.16. The number of rotatable bonds is 21. The molecule has 1 aliphatic heterocycles. The number of fused-ring (bicyclic) bond motifs is 1. The van der Waals surface area contributed by atoms with Gasteiger partial charge in [-0.15, -0.1) is 0 Å². The molecule has 2 aromatic heterocycles. The van der Waals surface area contributed by atoms with Crippen LogP contribution in [0.3, 0.4) is 0 Å². The standard InChI is InChI=1S/C26H44N7O17P3S/c1-5-6-17(35)54-10-9-28-16(34)7-8-29-24(38)21(37)25(2,3)12-47-53(44,45)50-52(42,43)46-11-15-19(49-51(39,40)41)20(36)26(4,48-15)33-14-32-18-22(27)30-13-31-23(18)33/h13-15,19-21,36-37H,5-12H2,1-4H3,(H,28,34)(H,29,38)(H,42,43)(H,44,45)(H2,27,30,31)(H2,39,40,41)/p-4. The van der Waals surface area contributed by atoms with Crippen molar-refractivity contribution >= 4 is 69.1 Å². The number of nitrogens with zero attached hydrogens (tertiary/aromatic N) is 4. The molecule has 7 atom stereocenters. The Kier molecular flexibility index (Phi) is 15.9. The highest BCUT2D eigenvalue weighted by Crippen LogP contribution is 2.56. The van der Waals surface area contributed by atoms with Gasteiger partial charge in [0.1, 0.15) is 36.3 Å². The Hall–Kier alpha value is -2.44. The van der Waals surface area contributed by atoms with Crippen LogP contribution in [0, 0.1) is 5.41 Å². The third-order valence-corrected chi connectivity index (χ3v) is 11.6. The lowest BCUT2D eigenvalue weighted by atomic mass is 9.87. The first-order chi connectivity index (χ1) is 24.9. The molecule has 0 aliphatic carbocycles. The molecule has 0 spiro atoms. The van der Waals surface area contributed by atoms with Crippen molar-refractivity contribution in [3.05, 3.63) is 12.7 Å². The van der Waals surface area contributed by atoms with Crippen molar-refractivity contribution in [1.29, 1.82) is 0 Å². The molecule has 0 saturated carbocycles. The van der Waals surface area contributed by atoms with Crippen molar-refractivity contribution in [3.63, 3.8) is 0 Å². The number of phosphoric ester groups is 3. The Balaban J connectivity index is 1.55. The van der Waals surface area contributed by atoms with Gasteiger partial charge in [-0.3, -0.25) is 28.1 Å². The number of carbonyl (C=O) groups excluding carboxylic acids is 3. The van der Waals surface area contributed by atoms with E-state index < -0.39 is 84.1 Å². The Bertz CT molecular complexity index is 1800. The first kappa shape index (κ1) is 45.9. The van der Waals surface area contributed by atoms with Crippen molar-refractivity contribution in [2.45, 2.75) is 77.1 Å². The molecule has 1 aliphatic rings. The lowest BCUT2D eigenvalue weighted by Crippen LogP contribution is -2.46. The SMILES string of the molecule is CCCC(=O)SCCNC(=O)CCNC(=O)C(O)C(C)(C)COP(=O)([O-])OP(=O)([O-])OCC1OC(C)(n2cnc3c(N)ncnc32)C(O)C1OP(=O)([O-])[O-]. The molecule has 1 fully saturated rings. The van der Waals surface area contributed by atoms with E-state index in [0.29, 0.717) is 18.6 Å². The van der Waals surface area contributed by atoms with E-state index in [4.69, 9.17) is 10.5 Å². The second-order valence-electron chi connectivity index (χ2n) is 12.5. The normalized spacial score (nSPS) is 23.4. The fourth-order valence-corrected chi connectivity index (χ4v) is 8.37. The van der Waals surface area contributed by atoms with Crippen LogP contribution in [0.2, 0.25) is 0 Å². The summed E-state index contributed by atoms with van der Waals surface area (Å²) in [5.74, 6) is -1.17. The number of ether oxygens (including phenoxy) is 1. The highest BCUT2D eigenvalue weighted by molar-refractivity contribution is 8.13. The summed E-state index contributed by atoms with van der Waals surface area (Å²) < 4.78 is 60.9. The largest absolute Gasteiger partial charge is 0.790 e. The molecule has 0 aromatic carbocycles. The maximum Gasteiger partial charge on any atom is 0.274 e. The minimum atomic E-state index is -5.93. The van der Waals surface area contributed by atoms with E-state index in [1.807, 2.05) is 6.92 Å². The minimum absolute atomic E-state index is 0.00174. The topological polar surface area (TPSA) is 375 Å². The van der Waals surface area contributed by atoms with Crippen LogP contribution in [-0.4, -0.2) is 103 Å². The Labute approximate surface area is 312 Å². The van der Waals surface area contributed by atoms with E-state index in [-0.39, 0.29) is 41.6 Å². The van der Waals surface area contributed by atoms with Crippen LogP contribution in [-0.2, 0) is 56.4 Å². The van der Waals surface area contributed by atoms with E-state index in [0.717, 1.165) is 29.0 Å². The van der Waals surface area contributed by atoms with E-state index in [9.17, 15) is 57.9 Å². The zero-order chi connectivity index (χ0) is 40.7. The number of aromatic nitrogens is 4. The summed E-state index contributed by atoms with van der Waals surface area (Å²) >= 11 is 1.08. The smallest absolute Gasteiger partial charge is 0.274 e. The van der Waals surface area contributed by atoms with E-state index in [1.165, 1.54) is 20.8 Å². The molecule has 6 N–H and O–H groups in total. The Morgan fingerprint density at radius 1 is 1.09 bits per heavy atom. The summed E-state index contributed by atoms with van der Waals surface area (Å²) in [4.78, 5) is 95.7. The molecular formula is C26H40N7O17P3S-4. The summed E-state index contributed by atoms with van der Waals surface area (Å²) in [5, 5.41) is 26.4. The molecule has 3 heterocycles. The maximum absolute atomic E-state index is 12.5. The molecule has 0 bridgehead atoms. The monoisotopic (exact) mass is 847 g/mol. The molecule has 24 nitrogen and oxygen atoms in total. The van der Waals surface area contributed by atoms with Crippen LogP contribution in [0.5, 0.6) is 0 Å². The molecule has 28 heteroatoms. The van der Waals surface area contributed by atoms with Crippen LogP contribution < -0.4 is 35.9 Å². The Morgan fingerprint density at radius 2 is 1.76 bits per heavy atom. The van der Waals surface area contributed by atoms with Gasteiger partial charge in [-0.1, -0.05) is 32.5 Å². The molecule has 2 aromatic rings. The predicted molar refractivity (Wildman–Crippen MR) is 178 cm³/mol. The second kappa shape index (κ2) is 18.7. The Morgan fingerprint density at radius 3 is 2.41 bits per heavy atom. The van der Waals surface area contributed by atoms with E-state index in [1.54, 1.807) is 0 Å². The van der Waals surface area contributed by atoms with Crippen LogP contribution in [0.25, 0.3) is 11.2 Å². The van der Waals surface area contributed by atoms with Crippen LogP contribution in [0.4, 0.5) is 5.82 Å². The van der Waals surface area contributed by atoms with Gasteiger partial charge >= 0.3 is 0 Å². The lowest BCUT2D eigenvalue weighted by molar-refractivity contribution is -0.347. The fourth-order valence-electron chi connectivity index (χ4n) is 4.86. The summed E-state index contributed by atoms with van der Waals surface area (Å²) in [6.07, 6.45) is -4.92. The zero-order valence-electron chi connectivity index (χ0n) is 29.3. The number of carbonyl (C=O) groups is 3. The quantitative estimate of drug-likeness (QED) is 0.0622. The van der Waals surface area contributed by atoms with Gasteiger partial charge < -0.3 is 69.0 Å². The van der Waals surface area contributed by atoms with Gasteiger partial charge in [0.15, 0.2) is 22.3 Å². The molecule has 2 amide bonds. The predicted octanol–water partition coefficient (Wildman–Crippen LogP) is -2.89. The van der Waals surface area contributed by atoms with Crippen LogP contribution in [0.1, 0.15) is 47.0 Å². The number of nitrogens with one attached hydrogen (secondary N) is 2. The van der Waals surface area contributed by atoms with Crippen LogP contribution >= 0.6 is 35.2 Å². The van der Waals surface area contributed by atoms with Gasteiger partial charge in [-0.2, -0.15) is 0 Å². The number of hydrogen-bond donors (Lipinski definition) is 5. The first-order valence-corrected chi connectivity index (χ1v) is 21.3. The molecule has 306 valence electrons. The molecular weight excluding hydrogens is 807 g/mol. The summed E-state index contributed by atoms with van der Waals surface area (Å²) in [7, 11) is -17.6. The molecule has 3 rings (SSSR count). The zero-order valence-corrected chi connectivity index (χ0v) is 32.8. The number of imidazole rings is 1. The van der Waals surface area contributed by atoms with Crippen molar-refractivity contribution in [2.75, 3.05) is 37.8 Å². The van der Waals surface area contributed by atoms with Crippen LogP contribution in [0.15, 0.2) is 12.7 Å². The van der Waals surface area contributed by atoms with Gasteiger partial charge in [-0.25, -0.2) is 19.3 Å². The number of aliphatic hydroxyl groups excluding tert-OH is 2. The highest BCUT2D eigenvalue weighted by atomic mass is 32.2. The molecule has 1 saturated heterocycles. The van der Waals surface area contributed by atoms with Crippen molar-refractivity contribution < 1.29 is 80.5 Å². The summed E-state index contributed by atoms with van der Waals surface area (Å²) in [6, 6.07) is 0. The number of phosphoric acid groups is 3. The number of hydrogen-bond acceptors (Lipinski definition) is 22. The molecule has 7 unspecified atom stereocenters. The van der Waals surface area contributed by atoms with E-state index in [2.05, 4.69) is 43.5 Å². The molecule has 54 heavy (non-hydrogen) atoms. The highest BCUT2D eigenvalue weighted by Gasteiger charge is 2.55. The maximum atomic E-state index is 12.5. The van der Waals surface area contributed by atoms with Gasteiger partial charge in [-0.05, 0) is 13.3 Å². The van der Waals surface area contributed by atoms with Crippen molar-refractivity contribution in [3.8, 4) is 0 Å². The molecule has 0 radical (unpaired) electrons. The second-order valence-corrected chi connectivity index (χ2v) is 17.7. The third kappa shape index (κ3) is 12.8. The lowest BCUT2D eigenvalue weighted by Gasteiger charge is -2.36. The average Bonchev–Trinajstić information content (AvgIpc) is 3.60. The fraction of sp³-hybridized carbons (Fsp3) is 0.692. The first-order valence-electron chi connectivity index (χ1n) is 15.9. The average molecular weight is 848 g/mol. The number of nitrogens with two attached hydrogens (primary N) is 1. The minimum Gasteiger partial charge on any atom is -0.790 e. The number of thioether (sulfide) groups is 1. The third-order valence-electron chi connectivity index (χ3n) is 7.68.